The summed E-state index contributed by atoms with van der Waals surface area (Å²) in [4.78, 5) is 2.20. The van der Waals surface area contributed by atoms with Crippen LogP contribution in [0.15, 0.2) is 54.7 Å². The van der Waals surface area contributed by atoms with Gasteiger partial charge in [-0.3, -0.25) is 0 Å². The van der Waals surface area contributed by atoms with Crippen LogP contribution in [0.5, 0.6) is 0 Å². The molecule has 0 radical (unpaired) electrons. The average Bonchev–Trinajstić information content (AvgIpc) is 3.32. The highest BCUT2D eigenvalue weighted by molar-refractivity contribution is 5.49. The Morgan fingerprint density at radius 2 is 2.08 bits per heavy atom. The van der Waals surface area contributed by atoms with E-state index in [1.807, 2.05) is 24.4 Å². The number of rotatable bonds is 4. The predicted molar refractivity (Wildman–Crippen MR) is 97.5 cm³/mol. The first-order valence-electron chi connectivity index (χ1n) is 8.57. The van der Waals surface area contributed by atoms with Gasteiger partial charge < -0.3 is 9.64 Å². The van der Waals surface area contributed by atoms with Crippen molar-refractivity contribution in [3.8, 4) is 6.07 Å². The van der Waals surface area contributed by atoms with Crippen molar-refractivity contribution >= 4 is 5.69 Å². The zero-order valence-corrected chi connectivity index (χ0v) is 14.5. The van der Waals surface area contributed by atoms with Gasteiger partial charge in [-0.2, -0.15) is 5.26 Å². The van der Waals surface area contributed by atoms with Crippen LogP contribution in [0.4, 0.5) is 5.69 Å². The molecule has 0 bridgehead atoms. The van der Waals surface area contributed by atoms with E-state index in [0.29, 0.717) is 18.7 Å². The van der Waals surface area contributed by atoms with E-state index < -0.39 is 0 Å². The van der Waals surface area contributed by atoms with Crippen LogP contribution < -0.4 is 4.90 Å². The Bertz CT molecular complexity index is 941. The molecule has 1 fully saturated rings. The molecule has 2 heterocycles. The SMILES string of the molecule is Cc1ccc(N2CCO[C@H]2c2cn(Cc3cccc(C#N)c3)nn2)cc1. The number of hydrogen-bond acceptors (Lipinski definition) is 5. The summed E-state index contributed by atoms with van der Waals surface area (Å²) in [5.41, 5.74) is 4.81. The Morgan fingerprint density at radius 1 is 1.23 bits per heavy atom. The van der Waals surface area contributed by atoms with Crippen LogP contribution in [0.2, 0.25) is 0 Å². The van der Waals surface area contributed by atoms with Gasteiger partial charge in [-0.25, -0.2) is 4.68 Å². The number of aromatic nitrogens is 3. The fourth-order valence-corrected chi connectivity index (χ4v) is 3.15. The standard InChI is InChI=1S/C20H19N5O/c1-15-5-7-18(8-6-15)25-9-10-26-20(25)19-14-24(23-22-19)13-17-4-2-3-16(11-17)12-21/h2-8,11,14,20H,9-10,13H2,1H3/t20-/m0/s1. The second kappa shape index (κ2) is 6.98. The van der Waals surface area contributed by atoms with E-state index in [-0.39, 0.29) is 6.23 Å². The van der Waals surface area contributed by atoms with Crippen LogP contribution >= 0.6 is 0 Å². The van der Waals surface area contributed by atoms with E-state index in [2.05, 4.69) is 52.5 Å². The van der Waals surface area contributed by atoms with E-state index in [1.54, 1.807) is 10.7 Å². The molecule has 6 heteroatoms. The quantitative estimate of drug-likeness (QED) is 0.727. The molecule has 0 saturated carbocycles. The molecule has 1 aromatic heterocycles. The number of ether oxygens (including phenoxy) is 1. The molecular formula is C20H19N5O. The van der Waals surface area contributed by atoms with E-state index in [1.165, 1.54) is 5.56 Å². The molecule has 0 aliphatic carbocycles. The molecule has 2 aromatic carbocycles. The fourth-order valence-electron chi connectivity index (χ4n) is 3.15. The molecule has 1 aliphatic rings. The van der Waals surface area contributed by atoms with Gasteiger partial charge in [0.25, 0.3) is 0 Å². The van der Waals surface area contributed by atoms with Crippen LogP contribution in [0.3, 0.4) is 0 Å². The van der Waals surface area contributed by atoms with Crippen molar-refractivity contribution in [1.82, 2.24) is 15.0 Å². The van der Waals surface area contributed by atoms with E-state index >= 15 is 0 Å². The Hall–Kier alpha value is -3.17. The topological polar surface area (TPSA) is 67.0 Å². The minimum absolute atomic E-state index is 0.225. The summed E-state index contributed by atoms with van der Waals surface area (Å²) in [6, 6.07) is 18.1. The number of aryl methyl sites for hydroxylation is 1. The summed E-state index contributed by atoms with van der Waals surface area (Å²) in [5, 5.41) is 17.6. The normalized spacial score (nSPS) is 16.6. The van der Waals surface area contributed by atoms with Gasteiger partial charge in [0.1, 0.15) is 5.69 Å². The summed E-state index contributed by atoms with van der Waals surface area (Å²) in [6.45, 7) is 4.13. The van der Waals surface area contributed by atoms with E-state index in [9.17, 15) is 0 Å². The smallest absolute Gasteiger partial charge is 0.177 e. The maximum Gasteiger partial charge on any atom is 0.177 e. The van der Waals surface area contributed by atoms with Gasteiger partial charge in [0, 0.05) is 12.2 Å². The van der Waals surface area contributed by atoms with E-state index in [4.69, 9.17) is 10.00 Å². The maximum absolute atomic E-state index is 9.02. The summed E-state index contributed by atoms with van der Waals surface area (Å²) in [7, 11) is 0. The Morgan fingerprint density at radius 3 is 2.88 bits per heavy atom. The lowest BCUT2D eigenvalue weighted by atomic mass is 10.1. The molecule has 1 atom stereocenters. The lowest BCUT2D eigenvalue weighted by Crippen LogP contribution is -2.23. The van der Waals surface area contributed by atoms with Crippen LogP contribution in [-0.4, -0.2) is 28.1 Å². The van der Waals surface area contributed by atoms with Gasteiger partial charge >= 0.3 is 0 Å². The summed E-state index contributed by atoms with van der Waals surface area (Å²) in [5.74, 6) is 0. The number of anilines is 1. The first kappa shape index (κ1) is 16.3. The molecule has 26 heavy (non-hydrogen) atoms. The highest BCUT2D eigenvalue weighted by Gasteiger charge is 2.29. The van der Waals surface area contributed by atoms with Crippen molar-refractivity contribution in [2.45, 2.75) is 19.7 Å². The van der Waals surface area contributed by atoms with Crippen LogP contribution in [-0.2, 0) is 11.3 Å². The summed E-state index contributed by atoms with van der Waals surface area (Å²) >= 11 is 0. The molecule has 3 aromatic rings. The van der Waals surface area contributed by atoms with Crippen molar-refractivity contribution in [3.63, 3.8) is 0 Å². The van der Waals surface area contributed by atoms with Crippen molar-refractivity contribution in [2.24, 2.45) is 0 Å². The van der Waals surface area contributed by atoms with Gasteiger partial charge in [-0.05, 0) is 36.8 Å². The Balaban J connectivity index is 1.53. The summed E-state index contributed by atoms with van der Waals surface area (Å²) in [6.07, 6.45) is 1.69. The molecule has 0 N–H and O–H groups in total. The maximum atomic E-state index is 9.02. The largest absolute Gasteiger partial charge is 0.350 e. The van der Waals surface area contributed by atoms with Gasteiger partial charge in [-0.15, -0.1) is 5.10 Å². The molecule has 0 spiro atoms. The summed E-state index contributed by atoms with van der Waals surface area (Å²) < 4.78 is 7.68. The third-order valence-electron chi connectivity index (χ3n) is 4.47. The number of nitriles is 1. The third-order valence-corrected chi connectivity index (χ3v) is 4.47. The molecule has 130 valence electrons. The van der Waals surface area contributed by atoms with Crippen molar-refractivity contribution in [3.05, 3.63) is 77.1 Å². The molecule has 0 amide bonds. The lowest BCUT2D eigenvalue weighted by molar-refractivity contribution is 0.110. The number of nitrogens with zero attached hydrogens (tertiary/aromatic N) is 5. The van der Waals surface area contributed by atoms with Gasteiger partial charge in [0.05, 0.1) is 31.0 Å². The Kier molecular flexibility index (Phi) is 4.38. The minimum atomic E-state index is -0.225. The zero-order valence-electron chi connectivity index (χ0n) is 14.5. The van der Waals surface area contributed by atoms with Gasteiger partial charge in [-0.1, -0.05) is 35.0 Å². The molecule has 1 aliphatic heterocycles. The number of hydrogen-bond donors (Lipinski definition) is 0. The predicted octanol–water partition coefficient (Wildman–Crippen LogP) is 3.04. The first-order chi connectivity index (χ1) is 12.7. The third kappa shape index (κ3) is 3.30. The van der Waals surface area contributed by atoms with Crippen molar-refractivity contribution in [1.29, 1.82) is 5.26 Å². The van der Waals surface area contributed by atoms with Crippen LogP contribution in [0.25, 0.3) is 0 Å². The molecule has 0 unspecified atom stereocenters. The van der Waals surface area contributed by atoms with Crippen LogP contribution in [0.1, 0.15) is 28.6 Å². The van der Waals surface area contributed by atoms with Crippen LogP contribution in [0, 0.1) is 18.3 Å². The second-order valence-electron chi connectivity index (χ2n) is 6.41. The highest BCUT2D eigenvalue weighted by Crippen LogP contribution is 2.31. The molecule has 1 saturated heterocycles. The van der Waals surface area contributed by atoms with Gasteiger partial charge in [0.15, 0.2) is 6.23 Å². The average molecular weight is 345 g/mol. The van der Waals surface area contributed by atoms with Crippen molar-refractivity contribution in [2.75, 3.05) is 18.1 Å². The fraction of sp³-hybridized carbons (Fsp3) is 0.250. The molecule has 4 rings (SSSR count). The minimum Gasteiger partial charge on any atom is -0.350 e. The lowest BCUT2D eigenvalue weighted by Gasteiger charge is -2.23. The zero-order chi connectivity index (χ0) is 17.9. The molecule has 6 nitrogen and oxygen atoms in total. The monoisotopic (exact) mass is 345 g/mol. The highest BCUT2D eigenvalue weighted by atomic mass is 16.5. The molecular weight excluding hydrogens is 326 g/mol. The second-order valence-corrected chi connectivity index (χ2v) is 6.41. The first-order valence-corrected chi connectivity index (χ1v) is 8.57. The van der Waals surface area contributed by atoms with Gasteiger partial charge in [0.2, 0.25) is 0 Å². The van der Waals surface area contributed by atoms with Crippen molar-refractivity contribution < 1.29 is 4.74 Å². The van der Waals surface area contributed by atoms with E-state index in [0.717, 1.165) is 23.5 Å². The Labute approximate surface area is 152 Å². The number of benzene rings is 2.